The molecule has 0 bridgehead atoms. The number of thioether (sulfide) groups is 1. The first kappa shape index (κ1) is 16.4. The fourth-order valence-electron chi connectivity index (χ4n) is 1.11. The summed E-state index contributed by atoms with van der Waals surface area (Å²) in [7, 11) is 1.01. The Bertz CT molecular complexity index is 527. The Labute approximate surface area is 114 Å². The van der Waals surface area contributed by atoms with Gasteiger partial charge in [-0.15, -0.1) is 0 Å². The first-order chi connectivity index (χ1) is 9.11. The van der Waals surface area contributed by atoms with E-state index in [-0.39, 0.29) is 22.2 Å². The number of carbonyl (C=O) groups excluding carboxylic acids is 2. The minimum absolute atomic E-state index is 0.272. The molecule has 0 unspecified atom stereocenters. The highest BCUT2D eigenvalue weighted by atomic mass is 32.2. The van der Waals surface area contributed by atoms with Crippen LogP contribution in [0.1, 0.15) is 10.4 Å². The van der Waals surface area contributed by atoms with Crippen molar-refractivity contribution in [3.05, 3.63) is 29.8 Å². The van der Waals surface area contributed by atoms with E-state index in [0.29, 0.717) is 0 Å². The van der Waals surface area contributed by atoms with Gasteiger partial charge in [0.05, 0.1) is 12.7 Å². The summed E-state index contributed by atoms with van der Waals surface area (Å²) in [5.74, 6) is -6.45. The van der Waals surface area contributed by atoms with E-state index < -0.39 is 23.2 Å². The number of hydrogen-bond acceptors (Lipinski definition) is 4. The predicted octanol–water partition coefficient (Wildman–Crippen LogP) is 3.29. The topological polar surface area (TPSA) is 43.4 Å². The third-order valence-electron chi connectivity index (χ3n) is 2.11. The predicted molar refractivity (Wildman–Crippen MR) is 59.6 cm³/mol. The number of hydrogen-bond donors (Lipinski definition) is 0. The molecule has 0 radical (unpaired) electrons. The van der Waals surface area contributed by atoms with Crippen molar-refractivity contribution < 1.29 is 36.3 Å². The number of benzene rings is 1. The fourth-order valence-corrected chi connectivity index (χ4v) is 1.97. The molecule has 0 saturated heterocycles. The van der Waals surface area contributed by atoms with Crippen molar-refractivity contribution in [2.75, 3.05) is 7.11 Å². The molecule has 0 atom stereocenters. The molecule has 110 valence electrons. The molecule has 0 saturated carbocycles. The minimum atomic E-state index is -5.99. The lowest BCUT2D eigenvalue weighted by atomic mass is 10.2. The van der Waals surface area contributed by atoms with Crippen LogP contribution >= 0.6 is 11.8 Å². The van der Waals surface area contributed by atoms with Gasteiger partial charge in [0.2, 0.25) is 0 Å². The molecule has 3 nitrogen and oxygen atoms in total. The SMILES string of the molecule is COC(=O)c1ccccc1SC(=O)C(F)(F)C(F)(F)F. The maximum atomic E-state index is 12.8. The molecule has 0 aliphatic rings. The van der Waals surface area contributed by atoms with Crippen LogP contribution in [-0.4, -0.2) is 30.3 Å². The molecule has 20 heavy (non-hydrogen) atoms. The van der Waals surface area contributed by atoms with E-state index in [9.17, 15) is 31.5 Å². The highest BCUT2D eigenvalue weighted by molar-refractivity contribution is 8.14. The van der Waals surface area contributed by atoms with Gasteiger partial charge in [0.1, 0.15) is 0 Å². The van der Waals surface area contributed by atoms with Crippen LogP contribution < -0.4 is 0 Å². The van der Waals surface area contributed by atoms with Gasteiger partial charge in [-0.2, -0.15) is 22.0 Å². The van der Waals surface area contributed by atoms with E-state index in [0.717, 1.165) is 19.2 Å². The van der Waals surface area contributed by atoms with Gasteiger partial charge in [-0.05, 0) is 23.9 Å². The molecular weight excluding hydrogens is 307 g/mol. The van der Waals surface area contributed by atoms with E-state index in [1.54, 1.807) is 0 Å². The van der Waals surface area contributed by atoms with Crippen LogP contribution in [0.3, 0.4) is 0 Å². The third kappa shape index (κ3) is 3.27. The summed E-state index contributed by atoms with van der Waals surface area (Å²) in [5, 5.41) is -2.42. The molecule has 0 fully saturated rings. The zero-order chi connectivity index (χ0) is 15.6. The largest absolute Gasteiger partial charge is 0.465 e. The maximum absolute atomic E-state index is 12.8. The van der Waals surface area contributed by atoms with Crippen molar-refractivity contribution in [1.29, 1.82) is 0 Å². The van der Waals surface area contributed by atoms with Crippen LogP contribution in [0.5, 0.6) is 0 Å². The summed E-state index contributed by atoms with van der Waals surface area (Å²) >= 11 is -0.362. The van der Waals surface area contributed by atoms with Gasteiger partial charge in [0.25, 0.3) is 5.12 Å². The summed E-state index contributed by atoms with van der Waals surface area (Å²) in [4.78, 5) is 22.1. The molecular formula is C11H7F5O3S. The zero-order valence-corrected chi connectivity index (χ0v) is 10.6. The standard InChI is InChI=1S/C11H7F5O3S/c1-19-8(17)6-4-2-3-5-7(6)20-9(18)10(12,13)11(14,15)16/h2-5H,1H3. The molecule has 0 aliphatic carbocycles. The van der Waals surface area contributed by atoms with E-state index in [1.165, 1.54) is 12.1 Å². The molecule has 0 spiro atoms. The molecule has 0 aliphatic heterocycles. The average Bonchev–Trinajstić information content (AvgIpc) is 2.37. The minimum Gasteiger partial charge on any atom is -0.465 e. The molecule has 0 amide bonds. The zero-order valence-electron chi connectivity index (χ0n) is 9.83. The lowest BCUT2D eigenvalue weighted by molar-refractivity contribution is -0.264. The van der Waals surface area contributed by atoms with E-state index >= 15 is 0 Å². The Kier molecular flexibility index (Phi) is 4.74. The average molecular weight is 314 g/mol. The summed E-state index contributed by atoms with van der Waals surface area (Å²) in [6.45, 7) is 0. The Morgan fingerprint density at radius 1 is 1.10 bits per heavy atom. The first-order valence-electron chi connectivity index (χ1n) is 4.95. The highest BCUT2D eigenvalue weighted by Gasteiger charge is 2.63. The molecule has 0 aromatic heterocycles. The van der Waals surface area contributed by atoms with Gasteiger partial charge >= 0.3 is 18.1 Å². The number of alkyl halides is 5. The number of rotatable bonds is 3. The summed E-state index contributed by atoms with van der Waals surface area (Å²) < 4.78 is 66.1. The van der Waals surface area contributed by atoms with Crippen molar-refractivity contribution in [1.82, 2.24) is 0 Å². The lowest BCUT2D eigenvalue weighted by Crippen LogP contribution is -2.42. The van der Waals surface area contributed by atoms with Crippen molar-refractivity contribution in [2.45, 2.75) is 17.0 Å². The third-order valence-corrected chi connectivity index (χ3v) is 3.13. The van der Waals surface area contributed by atoms with Crippen LogP contribution in [0.15, 0.2) is 29.2 Å². The van der Waals surface area contributed by atoms with Gasteiger partial charge in [-0.1, -0.05) is 12.1 Å². The summed E-state index contributed by atoms with van der Waals surface area (Å²) in [6, 6.07) is 4.85. The van der Waals surface area contributed by atoms with E-state index in [2.05, 4.69) is 4.74 Å². The van der Waals surface area contributed by atoms with E-state index in [4.69, 9.17) is 0 Å². The van der Waals surface area contributed by atoms with Crippen LogP contribution in [0.2, 0.25) is 0 Å². The Balaban J connectivity index is 3.06. The van der Waals surface area contributed by atoms with Gasteiger partial charge in [-0.3, -0.25) is 4.79 Å². The van der Waals surface area contributed by atoms with Crippen LogP contribution in [0, 0.1) is 0 Å². The Morgan fingerprint density at radius 3 is 2.15 bits per heavy atom. The molecule has 1 aromatic rings. The summed E-state index contributed by atoms with van der Waals surface area (Å²) in [6.07, 6.45) is -5.99. The number of ether oxygens (including phenoxy) is 1. The second-order valence-electron chi connectivity index (χ2n) is 3.45. The number of carbonyl (C=O) groups is 2. The quantitative estimate of drug-likeness (QED) is 0.488. The fraction of sp³-hybridized carbons (Fsp3) is 0.273. The Morgan fingerprint density at radius 2 is 1.65 bits per heavy atom. The van der Waals surface area contributed by atoms with Gasteiger partial charge < -0.3 is 4.74 Å². The van der Waals surface area contributed by atoms with Crippen LogP contribution in [-0.2, 0) is 9.53 Å². The van der Waals surface area contributed by atoms with E-state index in [1.807, 2.05) is 0 Å². The molecule has 1 rings (SSSR count). The van der Waals surface area contributed by atoms with Crippen molar-refractivity contribution in [3.8, 4) is 0 Å². The second kappa shape index (κ2) is 5.78. The highest BCUT2D eigenvalue weighted by Crippen LogP contribution is 2.41. The first-order valence-corrected chi connectivity index (χ1v) is 5.77. The van der Waals surface area contributed by atoms with Crippen LogP contribution in [0.4, 0.5) is 22.0 Å². The smallest absolute Gasteiger partial charge is 0.462 e. The number of methoxy groups -OCH3 is 1. The number of halogens is 5. The molecule has 1 aromatic carbocycles. The van der Waals surface area contributed by atoms with Crippen LogP contribution in [0.25, 0.3) is 0 Å². The molecule has 0 heterocycles. The Hall–Kier alpha value is -1.64. The number of esters is 1. The monoisotopic (exact) mass is 314 g/mol. The van der Waals surface area contributed by atoms with Gasteiger partial charge in [0, 0.05) is 4.90 Å². The summed E-state index contributed by atoms with van der Waals surface area (Å²) in [5.41, 5.74) is -0.272. The maximum Gasteiger partial charge on any atom is 0.462 e. The van der Waals surface area contributed by atoms with Gasteiger partial charge in [0.15, 0.2) is 0 Å². The normalized spacial score (nSPS) is 12.1. The lowest BCUT2D eigenvalue weighted by Gasteiger charge is -2.17. The molecule has 0 N–H and O–H groups in total. The van der Waals surface area contributed by atoms with Crippen molar-refractivity contribution in [2.24, 2.45) is 0 Å². The van der Waals surface area contributed by atoms with Crippen molar-refractivity contribution >= 4 is 22.8 Å². The van der Waals surface area contributed by atoms with Gasteiger partial charge in [-0.25, -0.2) is 4.79 Å². The second-order valence-corrected chi connectivity index (χ2v) is 4.46. The van der Waals surface area contributed by atoms with Crippen molar-refractivity contribution in [3.63, 3.8) is 0 Å². The molecule has 9 heteroatoms.